The van der Waals surface area contributed by atoms with Gasteiger partial charge in [0.2, 0.25) is 0 Å². The van der Waals surface area contributed by atoms with E-state index in [9.17, 15) is 0 Å². The lowest BCUT2D eigenvalue weighted by molar-refractivity contribution is 0.174. The van der Waals surface area contributed by atoms with Crippen molar-refractivity contribution in [3.63, 3.8) is 0 Å². The molecule has 14 heavy (non-hydrogen) atoms. The highest BCUT2D eigenvalue weighted by molar-refractivity contribution is 9.11. The van der Waals surface area contributed by atoms with E-state index in [1.54, 1.807) is 0 Å². The molecule has 0 saturated carbocycles. The molecule has 1 aliphatic heterocycles. The van der Waals surface area contributed by atoms with E-state index in [0.29, 0.717) is 0 Å². The average molecular weight is 275 g/mol. The first kappa shape index (κ1) is 10.6. The Balaban J connectivity index is 1.95. The summed E-state index contributed by atoms with van der Waals surface area (Å²) in [5.41, 5.74) is 1.35. The van der Waals surface area contributed by atoms with Crippen LogP contribution < -0.4 is 5.32 Å². The van der Waals surface area contributed by atoms with E-state index in [1.807, 2.05) is 11.3 Å². The highest BCUT2D eigenvalue weighted by Gasteiger charge is 2.21. The Morgan fingerprint density at radius 1 is 1.64 bits per heavy atom. The van der Waals surface area contributed by atoms with Crippen molar-refractivity contribution in [3.8, 4) is 0 Å². The molecule has 1 aromatic rings. The van der Waals surface area contributed by atoms with Crippen molar-refractivity contribution in [2.24, 2.45) is 0 Å². The molecule has 1 N–H and O–H groups in total. The monoisotopic (exact) mass is 274 g/mol. The second-order valence-electron chi connectivity index (χ2n) is 3.90. The molecular formula is C10H15BrN2S. The summed E-state index contributed by atoms with van der Waals surface area (Å²) >= 11 is 5.41. The van der Waals surface area contributed by atoms with Crippen LogP contribution in [0.15, 0.2) is 9.85 Å². The lowest BCUT2D eigenvalue weighted by Crippen LogP contribution is -2.55. The first-order valence-corrected chi connectivity index (χ1v) is 6.43. The Kier molecular flexibility index (Phi) is 3.27. The predicted molar refractivity (Wildman–Crippen MR) is 64.9 cm³/mol. The maximum atomic E-state index is 3.56. The quantitative estimate of drug-likeness (QED) is 0.910. The van der Waals surface area contributed by atoms with Gasteiger partial charge in [0.15, 0.2) is 0 Å². The Morgan fingerprint density at radius 2 is 2.36 bits per heavy atom. The van der Waals surface area contributed by atoms with Gasteiger partial charge in [0, 0.05) is 30.6 Å². The second kappa shape index (κ2) is 4.31. The van der Waals surface area contributed by atoms with Gasteiger partial charge in [0.1, 0.15) is 0 Å². The van der Waals surface area contributed by atoms with Crippen molar-refractivity contribution in [3.05, 3.63) is 20.3 Å². The normalized spacial score (nSPS) is 17.4. The Labute approximate surface area is 97.4 Å². The van der Waals surface area contributed by atoms with Crippen molar-refractivity contribution >= 4 is 27.3 Å². The van der Waals surface area contributed by atoms with Gasteiger partial charge in [-0.25, -0.2) is 0 Å². The molecule has 0 spiro atoms. The number of nitrogens with one attached hydrogen (secondary N) is 1. The zero-order chi connectivity index (χ0) is 10.1. The number of hydrogen-bond donors (Lipinski definition) is 1. The van der Waals surface area contributed by atoms with Crippen molar-refractivity contribution in [2.75, 3.05) is 20.1 Å². The SMILES string of the molecule is Cc1cc(CN(C)C2CNC2)sc1Br. The minimum absolute atomic E-state index is 0.733. The van der Waals surface area contributed by atoms with Crippen LogP contribution in [0.3, 0.4) is 0 Å². The summed E-state index contributed by atoms with van der Waals surface area (Å²) in [6, 6.07) is 3.01. The Bertz CT molecular complexity index is 300. The molecule has 78 valence electrons. The van der Waals surface area contributed by atoms with Crippen molar-refractivity contribution in [2.45, 2.75) is 19.5 Å². The molecule has 0 unspecified atom stereocenters. The molecule has 0 amide bonds. The van der Waals surface area contributed by atoms with Crippen molar-refractivity contribution in [1.82, 2.24) is 10.2 Å². The summed E-state index contributed by atoms with van der Waals surface area (Å²) in [5.74, 6) is 0. The van der Waals surface area contributed by atoms with E-state index >= 15 is 0 Å². The largest absolute Gasteiger partial charge is 0.314 e. The molecule has 2 rings (SSSR count). The molecule has 0 aromatic carbocycles. The number of rotatable bonds is 3. The lowest BCUT2D eigenvalue weighted by atomic mass is 10.1. The first-order valence-electron chi connectivity index (χ1n) is 4.82. The first-order chi connectivity index (χ1) is 6.66. The molecule has 1 fully saturated rings. The van der Waals surface area contributed by atoms with Gasteiger partial charge in [0.25, 0.3) is 0 Å². The Morgan fingerprint density at radius 3 is 2.79 bits per heavy atom. The molecule has 2 nitrogen and oxygen atoms in total. The van der Waals surface area contributed by atoms with Crippen LogP contribution in [0.4, 0.5) is 0 Å². The maximum absolute atomic E-state index is 3.56. The van der Waals surface area contributed by atoms with E-state index in [1.165, 1.54) is 14.2 Å². The van der Waals surface area contributed by atoms with Crippen LogP contribution in [0.25, 0.3) is 0 Å². The summed E-state index contributed by atoms with van der Waals surface area (Å²) in [6.45, 7) is 5.50. The number of thiophene rings is 1. The molecule has 1 saturated heterocycles. The van der Waals surface area contributed by atoms with Gasteiger partial charge in [0.05, 0.1) is 3.79 Å². The van der Waals surface area contributed by atoms with Gasteiger partial charge in [-0.05, 0) is 41.5 Å². The topological polar surface area (TPSA) is 15.3 Å². The van der Waals surface area contributed by atoms with Gasteiger partial charge in [-0.1, -0.05) is 0 Å². The number of halogens is 1. The number of nitrogens with zero attached hydrogens (tertiary/aromatic N) is 1. The molecule has 0 atom stereocenters. The van der Waals surface area contributed by atoms with Crippen LogP contribution in [0.5, 0.6) is 0 Å². The zero-order valence-electron chi connectivity index (χ0n) is 8.51. The summed E-state index contributed by atoms with van der Waals surface area (Å²) in [4.78, 5) is 3.87. The minimum Gasteiger partial charge on any atom is -0.314 e. The van der Waals surface area contributed by atoms with Crippen LogP contribution in [0, 0.1) is 6.92 Å². The summed E-state index contributed by atoms with van der Waals surface area (Å²) < 4.78 is 1.27. The number of hydrogen-bond acceptors (Lipinski definition) is 3. The molecule has 1 aliphatic rings. The van der Waals surface area contributed by atoms with Crippen LogP contribution >= 0.6 is 27.3 Å². The van der Waals surface area contributed by atoms with Crippen molar-refractivity contribution in [1.29, 1.82) is 0 Å². The lowest BCUT2D eigenvalue weighted by Gasteiger charge is -2.35. The standard InChI is InChI=1S/C10H15BrN2S/c1-7-3-9(14-10(7)11)6-13(2)8-4-12-5-8/h3,8,12H,4-6H2,1-2H3. The van der Waals surface area contributed by atoms with Crippen molar-refractivity contribution < 1.29 is 0 Å². The van der Waals surface area contributed by atoms with E-state index in [0.717, 1.165) is 25.7 Å². The van der Waals surface area contributed by atoms with Gasteiger partial charge in [-0.3, -0.25) is 4.90 Å². The molecule has 4 heteroatoms. The van der Waals surface area contributed by atoms with Crippen LogP contribution in [-0.2, 0) is 6.54 Å². The number of likely N-dealkylation sites (N-methyl/N-ethyl adjacent to an activating group) is 1. The smallest absolute Gasteiger partial charge is 0.0730 e. The van der Waals surface area contributed by atoms with Crippen LogP contribution in [-0.4, -0.2) is 31.1 Å². The molecule has 0 bridgehead atoms. The molecule has 0 radical (unpaired) electrons. The van der Waals surface area contributed by atoms with E-state index in [4.69, 9.17) is 0 Å². The maximum Gasteiger partial charge on any atom is 0.0730 e. The highest BCUT2D eigenvalue weighted by Crippen LogP contribution is 2.28. The Hall–Kier alpha value is 0.100. The van der Waals surface area contributed by atoms with Gasteiger partial charge >= 0.3 is 0 Å². The molecule has 1 aromatic heterocycles. The number of aryl methyl sites for hydroxylation is 1. The molecule has 0 aliphatic carbocycles. The van der Waals surface area contributed by atoms with Gasteiger partial charge in [-0.2, -0.15) is 0 Å². The third-order valence-electron chi connectivity index (χ3n) is 2.70. The third-order valence-corrected chi connectivity index (χ3v) is 4.82. The average Bonchev–Trinajstić information content (AvgIpc) is 2.26. The zero-order valence-corrected chi connectivity index (χ0v) is 10.9. The molecule has 2 heterocycles. The second-order valence-corrected chi connectivity index (χ2v) is 6.35. The summed E-state index contributed by atoms with van der Waals surface area (Å²) in [5, 5.41) is 3.30. The van der Waals surface area contributed by atoms with Crippen LogP contribution in [0.2, 0.25) is 0 Å². The highest BCUT2D eigenvalue weighted by atomic mass is 79.9. The van der Waals surface area contributed by atoms with E-state index < -0.39 is 0 Å². The van der Waals surface area contributed by atoms with Gasteiger partial charge in [-0.15, -0.1) is 11.3 Å². The molecular weight excluding hydrogens is 260 g/mol. The minimum atomic E-state index is 0.733. The third kappa shape index (κ3) is 2.19. The predicted octanol–water partition coefficient (Wildman–Crippen LogP) is 2.22. The van der Waals surface area contributed by atoms with Gasteiger partial charge < -0.3 is 5.32 Å². The fraction of sp³-hybridized carbons (Fsp3) is 0.600. The summed E-state index contributed by atoms with van der Waals surface area (Å²) in [6.07, 6.45) is 0. The fourth-order valence-corrected chi connectivity index (χ4v) is 3.25. The summed E-state index contributed by atoms with van der Waals surface area (Å²) in [7, 11) is 2.20. The van der Waals surface area contributed by atoms with E-state index in [-0.39, 0.29) is 0 Å². The van der Waals surface area contributed by atoms with E-state index in [2.05, 4.69) is 46.2 Å². The fourth-order valence-electron chi connectivity index (χ4n) is 1.56. The van der Waals surface area contributed by atoms with Crippen LogP contribution in [0.1, 0.15) is 10.4 Å².